The van der Waals surface area contributed by atoms with Gasteiger partial charge >= 0.3 is 0 Å². The van der Waals surface area contributed by atoms with Crippen molar-refractivity contribution in [3.63, 3.8) is 0 Å². The molecule has 1 aliphatic heterocycles. The van der Waals surface area contributed by atoms with E-state index in [2.05, 4.69) is 5.32 Å². The van der Waals surface area contributed by atoms with E-state index in [0.29, 0.717) is 31.5 Å². The maximum Gasteiger partial charge on any atom is 0.251 e. The molecule has 1 saturated heterocycles. The average Bonchev–Trinajstić information content (AvgIpc) is 2.54. The predicted molar refractivity (Wildman–Crippen MR) is 98.1 cm³/mol. The van der Waals surface area contributed by atoms with E-state index in [0.717, 1.165) is 0 Å². The molecule has 0 unspecified atom stereocenters. The van der Waals surface area contributed by atoms with E-state index in [1.807, 2.05) is 20.8 Å². The first-order valence-electron chi connectivity index (χ1n) is 8.29. The first kappa shape index (κ1) is 21.4. The van der Waals surface area contributed by atoms with E-state index < -0.39 is 6.04 Å². The lowest BCUT2D eigenvalue weighted by Crippen LogP contribution is -2.54. The minimum Gasteiger partial charge on any atom is -0.349 e. The van der Waals surface area contributed by atoms with Gasteiger partial charge in [-0.05, 0) is 42.5 Å². The minimum absolute atomic E-state index is 0. The Labute approximate surface area is 154 Å². The second-order valence-corrected chi connectivity index (χ2v) is 7.42. The van der Waals surface area contributed by atoms with Gasteiger partial charge in [-0.15, -0.1) is 12.4 Å². The number of piperidine rings is 1. The van der Waals surface area contributed by atoms with Gasteiger partial charge in [0.15, 0.2) is 0 Å². The summed E-state index contributed by atoms with van der Waals surface area (Å²) in [6, 6.07) is 4.95. The Morgan fingerprint density at radius 2 is 1.72 bits per heavy atom. The summed E-state index contributed by atoms with van der Waals surface area (Å²) in [6.07, 6.45) is 1.38. The summed E-state index contributed by atoms with van der Waals surface area (Å²) in [4.78, 5) is 26.3. The van der Waals surface area contributed by atoms with E-state index in [1.54, 1.807) is 4.90 Å². The van der Waals surface area contributed by atoms with Gasteiger partial charge in [0, 0.05) is 24.7 Å². The van der Waals surface area contributed by atoms with Gasteiger partial charge in [-0.3, -0.25) is 9.59 Å². The summed E-state index contributed by atoms with van der Waals surface area (Å²) in [5, 5.41) is 2.94. The highest BCUT2D eigenvalue weighted by molar-refractivity contribution is 5.94. The van der Waals surface area contributed by atoms with Crippen LogP contribution in [0.2, 0.25) is 0 Å². The molecule has 1 aromatic rings. The van der Waals surface area contributed by atoms with E-state index in [9.17, 15) is 14.0 Å². The zero-order valence-corrected chi connectivity index (χ0v) is 15.7. The second-order valence-electron chi connectivity index (χ2n) is 7.42. The molecule has 5 nitrogen and oxygen atoms in total. The van der Waals surface area contributed by atoms with Gasteiger partial charge in [0.25, 0.3) is 5.91 Å². The van der Waals surface area contributed by atoms with Crippen LogP contribution in [0.15, 0.2) is 24.3 Å². The van der Waals surface area contributed by atoms with Crippen molar-refractivity contribution in [1.82, 2.24) is 10.2 Å². The van der Waals surface area contributed by atoms with Crippen molar-refractivity contribution >= 4 is 24.2 Å². The molecule has 140 valence electrons. The Morgan fingerprint density at radius 3 is 2.20 bits per heavy atom. The lowest BCUT2D eigenvalue weighted by molar-refractivity contribution is -0.136. The normalized spacial score (nSPS) is 16.8. The van der Waals surface area contributed by atoms with E-state index in [-0.39, 0.29) is 41.5 Å². The molecule has 0 bridgehead atoms. The van der Waals surface area contributed by atoms with Crippen LogP contribution in [0, 0.1) is 11.2 Å². The molecule has 1 heterocycles. The highest BCUT2D eigenvalue weighted by atomic mass is 35.5. The molecule has 7 heteroatoms. The van der Waals surface area contributed by atoms with Crippen LogP contribution < -0.4 is 11.1 Å². The summed E-state index contributed by atoms with van der Waals surface area (Å²) in [6.45, 7) is 7.01. The number of nitrogens with two attached hydrogens (primary N) is 1. The molecule has 0 aromatic heterocycles. The van der Waals surface area contributed by atoms with Crippen LogP contribution in [0.1, 0.15) is 44.0 Å². The molecule has 0 spiro atoms. The molecule has 2 amide bonds. The van der Waals surface area contributed by atoms with Crippen molar-refractivity contribution in [3.8, 4) is 0 Å². The number of nitrogens with one attached hydrogen (secondary N) is 1. The van der Waals surface area contributed by atoms with Crippen LogP contribution in [0.25, 0.3) is 0 Å². The van der Waals surface area contributed by atoms with Crippen molar-refractivity contribution in [3.05, 3.63) is 35.6 Å². The number of amides is 2. The molecule has 0 radical (unpaired) electrons. The molecule has 25 heavy (non-hydrogen) atoms. The van der Waals surface area contributed by atoms with Gasteiger partial charge in [-0.1, -0.05) is 20.8 Å². The van der Waals surface area contributed by atoms with Crippen LogP contribution in [0.4, 0.5) is 4.39 Å². The predicted octanol–water partition coefficient (Wildman–Crippen LogP) is 2.34. The van der Waals surface area contributed by atoms with Crippen molar-refractivity contribution in [2.24, 2.45) is 11.1 Å². The number of halogens is 2. The fourth-order valence-electron chi connectivity index (χ4n) is 2.68. The van der Waals surface area contributed by atoms with Gasteiger partial charge in [-0.2, -0.15) is 0 Å². The van der Waals surface area contributed by atoms with Crippen LogP contribution in [0.5, 0.6) is 0 Å². The number of nitrogens with zero attached hydrogens (tertiary/aromatic N) is 1. The molecule has 1 atom stereocenters. The number of carbonyl (C=O) groups excluding carboxylic acids is 2. The first-order valence-corrected chi connectivity index (χ1v) is 8.29. The summed E-state index contributed by atoms with van der Waals surface area (Å²) in [5.74, 6) is -0.620. The first-order chi connectivity index (χ1) is 11.2. The van der Waals surface area contributed by atoms with Gasteiger partial charge in [-0.25, -0.2) is 4.39 Å². The van der Waals surface area contributed by atoms with Crippen molar-refractivity contribution in [2.75, 3.05) is 13.1 Å². The van der Waals surface area contributed by atoms with E-state index >= 15 is 0 Å². The second kappa shape index (κ2) is 8.63. The molecular weight excluding hydrogens is 345 g/mol. The molecule has 2 rings (SSSR count). The number of benzene rings is 1. The number of likely N-dealkylation sites (tertiary alicyclic amines) is 1. The summed E-state index contributed by atoms with van der Waals surface area (Å²) in [5.41, 5.74) is 6.20. The Morgan fingerprint density at radius 1 is 1.20 bits per heavy atom. The lowest BCUT2D eigenvalue weighted by Gasteiger charge is -2.36. The van der Waals surface area contributed by atoms with Crippen LogP contribution >= 0.6 is 12.4 Å². The maximum atomic E-state index is 12.9. The zero-order chi connectivity index (χ0) is 17.9. The van der Waals surface area contributed by atoms with Gasteiger partial charge in [0.1, 0.15) is 5.82 Å². The van der Waals surface area contributed by atoms with E-state index in [4.69, 9.17) is 5.73 Å². The third-order valence-electron chi connectivity index (χ3n) is 4.45. The van der Waals surface area contributed by atoms with E-state index in [1.165, 1.54) is 24.3 Å². The molecule has 0 saturated carbocycles. The summed E-state index contributed by atoms with van der Waals surface area (Å²) >= 11 is 0. The van der Waals surface area contributed by atoms with Gasteiger partial charge in [0.2, 0.25) is 5.91 Å². The van der Waals surface area contributed by atoms with Crippen molar-refractivity contribution < 1.29 is 14.0 Å². The average molecular weight is 372 g/mol. The Bertz CT molecular complexity index is 593. The third-order valence-corrected chi connectivity index (χ3v) is 4.45. The fraction of sp³-hybridized carbons (Fsp3) is 0.556. The molecule has 1 aromatic carbocycles. The lowest BCUT2D eigenvalue weighted by atomic mass is 9.86. The van der Waals surface area contributed by atoms with Crippen LogP contribution in [-0.2, 0) is 4.79 Å². The highest BCUT2D eigenvalue weighted by Gasteiger charge is 2.33. The highest BCUT2D eigenvalue weighted by Crippen LogP contribution is 2.21. The standard InChI is InChI=1S/C18H26FN3O2.ClH/c1-18(2,3)15(20)17(24)22-10-8-14(9-11-22)21-16(23)12-4-6-13(19)7-5-12;/h4-7,14-15H,8-11,20H2,1-3H3,(H,21,23);1H/t15-;/m1./s1. The molecule has 1 aliphatic rings. The summed E-state index contributed by atoms with van der Waals surface area (Å²) < 4.78 is 12.9. The number of hydrogen-bond acceptors (Lipinski definition) is 3. The zero-order valence-electron chi connectivity index (χ0n) is 14.9. The number of carbonyl (C=O) groups is 2. The largest absolute Gasteiger partial charge is 0.349 e. The minimum atomic E-state index is -0.525. The monoisotopic (exact) mass is 371 g/mol. The smallest absolute Gasteiger partial charge is 0.251 e. The van der Waals surface area contributed by atoms with Crippen molar-refractivity contribution in [1.29, 1.82) is 0 Å². The molecular formula is C18H27ClFN3O2. The number of hydrogen-bond donors (Lipinski definition) is 2. The SMILES string of the molecule is CC(C)(C)[C@H](N)C(=O)N1CCC(NC(=O)c2ccc(F)cc2)CC1.Cl. The van der Waals surface area contributed by atoms with Crippen LogP contribution in [-0.4, -0.2) is 41.9 Å². The topological polar surface area (TPSA) is 75.4 Å². The fourth-order valence-corrected chi connectivity index (χ4v) is 2.68. The molecule has 1 fully saturated rings. The third kappa shape index (κ3) is 5.68. The maximum absolute atomic E-state index is 12.9. The quantitative estimate of drug-likeness (QED) is 0.856. The Kier molecular flexibility index (Phi) is 7.38. The number of rotatable bonds is 3. The Hall–Kier alpha value is -1.66. The van der Waals surface area contributed by atoms with Crippen molar-refractivity contribution in [2.45, 2.75) is 45.7 Å². The van der Waals surface area contributed by atoms with Gasteiger partial charge < -0.3 is 16.0 Å². The summed E-state index contributed by atoms with van der Waals surface area (Å²) in [7, 11) is 0. The van der Waals surface area contributed by atoms with Gasteiger partial charge in [0.05, 0.1) is 6.04 Å². The molecule has 3 N–H and O–H groups in total. The van der Waals surface area contributed by atoms with Crippen LogP contribution in [0.3, 0.4) is 0 Å². The Balaban J connectivity index is 0.00000312. The molecule has 0 aliphatic carbocycles.